The smallest absolute Gasteiger partial charge is 0.210 e. The molecule has 0 N–H and O–H groups in total. The van der Waals surface area contributed by atoms with E-state index in [-0.39, 0.29) is 5.78 Å². The second kappa shape index (κ2) is 6.47. The van der Waals surface area contributed by atoms with E-state index in [9.17, 15) is 4.79 Å². The maximum atomic E-state index is 12.6. The molecule has 0 bridgehead atoms. The van der Waals surface area contributed by atoms with Crippen molar-refractivity contribution in [1.29, 1.82) is 0 Å². The van der Waals surface area contributed by atoms with E-state index >= 15 is 0 Å². The molecule has 0 spiro atoms. The molecule has 0 saturated heterocycles. The molecule has 2 aromatic rings. The van der Waals surface area contributed by atoms with Crippen LogP contribution in [0.1, 0.15) is 34.3 Å². The fraction of sp³-hybridized carbons (Fsp3) is 0.357. The van der Waals surface area contributed by atoms with Crippen molar-refractivity contribution in [2.24, 2.45) is 0 Å². The zero-order chi connectivity index (χ0) is 14.5. The summed E-state index contributed by atoms with van der Waals surface area (Å²) in [5.41, 5.74) is 1.21. The van der Waals surface area contributed by atoms with E-state index in [1.165, 1.54) is 7.11 Å². The predicted octanol–water partition coefficient (Wildman–Crippen LogP) is 2.74. The highest BCUT2D eigenvalue weighted by atomic mass is 32.1. The average molecular weight is 292 g/mol. The quantitative estimate of drug-likeness (QED) is 0.766. The topological polar surface area (TPSA) is 61.3 Å². The van der Waals surface area contributed by atoms with Crippen molar-refractivity contribution in [3.8, 4) is 11.5 Å². The molecule has 6 heteroatoms. The Morgan fingerprint density at radius 1 is 1.30 bits per heavy atom. The van der Waals surface area contributed by atoms with Gasteiger partial charge in [-0.05, 0) is 36.2 Å². The van der Waals surface area contributed by atoms with Crippen LogP contribution < -0.4 is 9.47 Å². The van der Waals surface area contributed by atoms with Gasteiger partial charge < -0.3 is 9.47 Å². The first-order valence-corrected chi connectivity index (χ1v) is 7.06. The second-order valence-corrected chi connectivity index (χ2v) is 4.95. The van der Waals surface area contributed by atoms with Crippen molar-refractivity contribution in [3.63, 3.8) is 0 Å². The minimum Gasteiger partial charge on any atom is -0.497 e. The van der Waals surface area contributed by atoms with Gasteiger partial charge in [0, 0.05) is 0 Å². The molecule has 2 rings (SSSR count). The number of methoxy groups -OCH3 is 2. The molecule has 0 aliphatic rings. The van der Waals surface area contributed by atoms with Gasteiger partial charge in [0.05, 0.1) is 25.5 Å². The molecular formula is C14H16N2O3S. The zero-order valence-corrected chi connectivity index (χ0v) is 12.5. The van der Waals surface area contributed by atoms with Crippen LogP contribution in [0.15, 0.2) is 18.2 Å². The molecule has 0 saturated carbocycles. The van der Waals surface area contributed by atoms with Crippen LogP contribution in [0, 0.1) is 0 Å². The van der Waals surface area contributed by atoms with Gasteiger partial charge >= 0.3 is 0 Å². The maximum absolute atomic E-state index is 12.6. The Kier molecular flexibility index (Phi) is 4.68. The Bertz CT molecular complexity index is 610. The molecule has 0 aliphatic carbocycles. The summed E-state index contributed by atoms with van der Waals surface area (Å²) in [6.07, 6.45) is 1.66. The lowest BCUT2D eigenvalue weighted by molar-refractivity contribution is 0.103. The van der Waals surface area contributed by atoms with Gasteiger partial charge in [-0.2, -0.15) is 0 Å². The molecule has 0 amide bonds. The molecule has 0 unspecified atom stereocenters. The number of rotatable bonds is 6. The third-order valence-electron chi connectivity index (χ3n) is 2.90. The highest BCUT2D eigenvalue weighted by Gasteiger charge is 2.21. The number of carbonyl (C=O) groups excluding carboxylic acids is 1. The molecule has 1 aromatic heterocycles. The van der Waals surface area contributed by atoms with Crippen molar-refractivity contribution in [2.75, 3.05) is 14.2 Å². The van der Waals surface area contributed by atoms with Gasteiger partial charge in [-0.3, -0.25) is 4.79 Å². The van der Waals surface area contributed by atoms with Gasteiger partial charge in [-0.25, -0.2) is 0 Å². The molecule has 5 nitrogen and oxygen atoms in total. The van der Waals surface area contributed by atoms with Crippen molar-refractivity contribution in [3.05, 3.63) is 34.3 Å². The zero-order valence-electron chi connectivity index (χ0n) is 11.7. The van der Waals surface area contributed by atoms with E-state index in [0.29, 0.717) is 21.9 Å². The summed E-state index contributed by atoms with van der Waals surface area (Å²) in [5, 5.41) is 4.03. The Balaban J connectivity index is 2.44. The van der Waals surface area contributed by atoms with Crippen molar-refractivity contribution < 1.29 is 14.3 Å². The number of hydrogen-bond acceptors (Lipinski definition) is 6. The highest BCUT2D eigenvalue weighted by Crippen LogP contribution is 2.28. The fourth-order valence-corrected chi connectivity index (χ4v) is 2.56. The summed E-state index contributed by atoms with van der Waals surface area (Å²) in [6.45, 7) is 2.04. The molecule has 106 valence electrons. The van der Waals surface area contributed by atoms with E-state index in [2.05, 4.69) is 9.59 Å². The van der Waals surface area contributed by atoms with Crippen molar-refractivity contribution in [2.45, 2.75) is 19.8 Å². The lowest BCUT2D eigenvalue weighted by Gasteiger charge is -2.09. The number of aryl methyl sites for hydroxylation is 1. The summed E-state index contributed by atoms with van der Waals surface area (Å²) in [4.78, 5) is 13.2. The third-order valence-corrected chi connectivity index (χ3v) is 3.67. The van der Waals surface area contributed by atoms with Crippen LogP contribution in [0.2, 0.25) is 0 Å². The van der Waals surface area contributed by atoms with E-state index in [1.54, 1.807) is 25.3 Å². The first-order chi connectivity index (χ1) is 9.71. The molecule has 1 heterocycles. The average Bonchev–Trinajstić information content (AvgIpc) is 2.94. The first kappa shape index (κ1) is 14.5. The highest BCUT2D eigenvalue weighted by molar-refractivity contribution is 7.08. The molecule has 0 fully saturated rings. The lowest BCUT2D eigenvalue weighted by atomic mass is 10.1. The number of ether oxygens (including phenoxy) is 2. The SMILES string of the molecule is CCCc1nnsc1C(=O)c1cc(OC)ccc1OC. The molecular weight excluding hydrogens is 276 g/mol. The van der Waals surface area contributed by atoms with Crippen LogP contribution in [0.5, 0.6) is 11.5 Å². The van der Waals surface area contributed by atoms with E-state index in [4.69, 9.17) is 9.47 Å². The minimum absolute atomic E-state index is 0.126. The van der Waals surface area contributed by atoms with Crippen molar-refractivity contribution in [1.82, 2.24) is 9.59 Å². The largest absolute Gasteiger partial charge is 0.497 e. The number of hydrogen-bond donors (Lipinski definition) is 0. The second-order valence-electron chi connectivity index (χ2n) is 4.19. The van der Waals surface area contributed by atoms with Gasteiger partial charge in [-0.1, -0.05) is 17.8 Å². The standard InChI is InChI=1S/C14H16N2O3S/c1-4-5-11-14(20-16-15-11)13(17)10-8-9(18-2)6-7-12(10)19-3/h6-8H,4-5H2,1-3H3. The first-order valence-electron chi connectivity index (χ1n) is 6.29. The Labute approximate surface area is 121 Å². The monoisotopic (exact) mass is 292 g/mol. The summed E-state index contributed by atoms with van der Waals surface area (Å²) in [6, 6.07) is 5.16. The van der Waals surface area contributed by atoms with Crippen LogP contribution in [-0.4, -0.2) is 29.6 Å². The van der Waals surface area contributed by atoms with E-state index in [0.717, 1.165) is 30.1 Å². The molecule has 20 heavy (non-hydrogen) atoms. The van der Waals surface area contributed by atoms with Crippen LogP contribution in [0.3, 0.4) is 0 Å². The Hall–Kier alpha value is -1.95. The number of ketones is 1. The van der Waals surface area contributed by atoms with Crippen molar-refractivity contribution >= 4 is 17.3 Å². The van der Waals surface area contributed by atoms with Gasteiger partial charge in [0.1, 0.15) is 16.4 Å². The summed E-state index contributed by atoms with van der Waals surface area (Å²) in [7, 11) is 3.10. The summed E-state index contributed by atoms with van der Waals surface area (Å²) >= 11 is 1.12. The normalized spacial score (nSPS) is 10.3. The minimum atomic E-state index is -0.126. The molecule has 0 aliphatic heterocycles. The van der Waals surface area contributed by atoms with Crippen LogP contribution in [-0.2, 0) is 6.42 Å². The Morgan fingerprint density at radius 3 is 2.75 bits per heavy atom. The fourth-order valence-electron chi connectivity index (χ4n) is 1.90. The number of nitrogens with zero attached hydrogens (tertiary/aromatic N) is 2. The molecule has 0 radical (unpaired) electrons. The van der Waals surface area contributed by atoms with Gasteiger partial charge in [0.2, 0.25) is 5.78 Å². The van der Waals surface area contributed by atoms with Gasteiger partial charge in [0.15, 0.2) is 0 Å². The third kappa shape index (κ3) is 2.80. The van der Waals surface area contributed by atoms with Gasteiger partial charge in [-0.15, -0.1) is 5.10 Å². The predicted molar refractivity (Wildman–Crippen MR) is 76.9 cm³/mol. The summed E-state index contributed by atoms with van der Waals surface area (Å²) < 4.78 is 14.3. The molecule has 0 atom stereocenters. The number of carbonyl (C=O) groups is 1. The Morgan fingerprint density at radius 2 is 2.10 bits per heavy atom. The summed E-state index contributed by atoms with van der Waals surface area (Å²) in [5.74, 6) is 1.01. The van der Waals surface area contributed by atoms with E-state index in [1.807, 2.05) is 6.92 Å². The van der Waals surface area contributed by atoms with Gasteiger partial charge in [0.25, 0.3) is 0 Å². The maximum Gasteiger partial charge on any atom is 0.210 e. The lowest BCUT2D eigenvalue weighted by Crippen LogP contribution is -2.05. The number of benzene rings is 1. The van der Waals surface area contributed by atoms with Crippen LogP contribution in [0.25, 0.3) is 0 Å². The number of aromatic nitrogens is 2. The molecule has 1 aromatic carbocycles. The van der Waals surface area contributed by atoms with E-state index < -0.39 is 0 Å². The van der Waals surface area contributed by atoms with Crippen LogP contribution in [0.4, 0.5) is 0 Å². The van der Waals surface area contributed by atoms with Crippen LogP contribution >= 0.6 is 11.5 Å².